The zero-order valence-corrected chi connectivity index (χ0v) is 10.6. The van der Waals surface area contributed by atoms with Crippen LogP contribution < -0.4 is 5.32 Å². The fraction of sp³-hybridized carbons (Fsp3) is 0.455. The Balaban J connectivity index is 1.77. The zero-order valence-electron chi connectivity index (χ0n) is 9.76. The summed E-state index contributed by atoms with van der Waals surface area (Å²) >= 11 is 1.67. The molecule has 0 aliphatic heterocycles. The van der Waals surface area contributed by atoms with Crippen molar-refractivity contribution >= 4 is 11.3 Å². The van der Waals surface area contributed by atoms with Crippen LogP contribution in [0, 0.1) is 6.92 Å². The lowest BCUT2D eigenvalue weighted by atomic mass is 10.3. The van der Waals surface area contributed by atoms with Crippen molar-refractivity contribution in [2.45, 2.75) is 26.6 Å². The normalized spacial score (nSPS) is 10.9. The van der Waals surface area contributed by atoms with Gasteiger partial charge in [-0.25, -0.2) is 4.98 Å². The predicted octanol–water partition coefficient (Wildman–Crippen LogP) is 0.930. The van der Waals surface area contributed by atoms with Gasteiger partial charge in [-0.3, -0.25) is 4.68 Å². The smallest absolute Gasteiger partial charge is 0.107 e. The van der Waals surface area contributed by atoms with Crippen LogP contribution in [0.3, 0.4) is 0 Å². The van der Waals surface area contributed by atoms with E-state index in [9.17, 15) is 0 Å². The molecule has 0 unspecified atom stereocenters. The molecular formula is C11H16N4OS. The summed E-state index contributed by atoms with van der Waals surface area (Å²) in [5.74, 6) is 0. The molecule has 92 valence electrons. The lowest BCUT2D eigenvalue weighted by molar-refractivity contribution is 0.269. The molecule has 0 atom stereocenters. The quantitative estimate of drug-likeness (QED) is 0.803. The van der Waals surface area contributed by atoms with E-state index >= 15 is 0 Å². The van der Waals surface area contributed by atoms with Crippen LogP contribution in [0.25, 0.3) is 0 Å². The van der Waals surface area contributed by atoms with Crippen LogP contribution in [0.2, 0.25) is 0 Å². The van der Waals surface area contributed by atoms with Gasteiger partial charge in [0.05, 0.1) is 19.3 Å². The molecular weight excluding hydrogens is 236 g/mol. The second-order valence-corrected chi connectivity index (χ2v) is 4.76. The van der Waals surface area contributed by atoms with Gasteiger partial charge in [-0.15, -0.1) is 11.3 Å². The summed E-state index contributed by atoms with van der Waals surface area (Å²) in [4.78, 5) is 4.38. The van der Waals surface area contributed by atoms with Crippen LogP contribution in [-0.2, 0) is 19.6 Å². The van der Waals surface area contributed by atoms with E-state index in [4.69, 9.17) is 5.11 Å². The molecule has 6 heteroatoms. The number of thiazole rings is 1. The molecule has 2 heterocycles. The monoisotopic (exact) mass is 252 g/mol. The van der Waals surface area contributed by atoms with Crippen LogP contribution in [-0.4, -0.2) is 26.5 Å². The second kappa shape index (κ2) is 5.90. The summed E-state index contributed by atoms with van der Waals surface area (Å²) < 4.78 is 1.74. The van der Waals surface area contributed by atoms with Gasteiger partial charge < -0.3 is 10.4 Å². The molecule has 2 rings (SSSR count). The Morgan fingerprint density at radius 2 is 2.35 bits per heavy atom. The molecule has 5 nitrogen and oxygen atoms in total. The number of aliphatic hydroxyl groups is 1. The van der Waals surface area contributed by atoms with Gasteiger partial charge >= 0.3 is 0 Å². The van der Waals surface area contributed by atoms with Crippen LogP contribution in [0.5, 0.6) is 0 Å². The molecule has 0 fully saturated rings. The van der Waals surface area contributed by atoms with Crippen molar-refractivity contribution in [1.29, 1.82) is 0 Å². The Bertz CT molecular complexity index is 465. The van der Waals surface area contributed by atoms with Crippen molar-refractivity contribution in [3.63, 3.8) is 0 Å². The van der Waals surface area contributed by atoms with E-state index in [1.807, 2.05) is 19.3 Å². The van der Waals surface area contributed by atoms with Gasteiger partial charge in [-0.05, 0) is 6.92 Å². The first-order valence-electron chi connectivity index (χ1n) is 5.52. The number of hydrogen-bond acceptors (Lipinski definition) is 5. The summed E-state index contributed by atoms with van der Waals surface area (Å²) in [6, 6.07) is 0. The highest BCUT2D eigenvalue weighted by molar-refractivity contribution is 7.09. The first kappa shape index (κ1) is 12.2. The van der Waals surface area contributed by atoms with Crippen molar-refractivity contribution in [2.75, 3.05) is 6.61 Å². The van der Waals surface area contributed by atoms with Gasteiger partial charge in [0.25, 0.3) is 0 Å². The summed E-state index contributed by atoms with van der Waals surface area (Å²) in [6.45, 7) is 4.21. The molecule has 0 aliphatic rings. The maximum Gasteiger partial charge on any atom is 0.107 e. The predicted molar refractivity (Wildman–Crippen MR) is 66.7 cm³/mol. The van der Waals surface area contributed by atoms with E-state index in [1.54, 1.807) is 16.0 Å². The molecule has 0 saturated heterocycles. The van der Waals surface area contributed by atoms with E-state index in [0.717, 1.165) is 29.4 Å². The van der Waals surface area contributed by atoms with Crippen molar-refractivity contribution in [1.82, 2.24) is 20.1 Å². The maximum absolute atomic E-state index is 8.77. The van der Waals surface area contributed by atoms with Gasteiger partial charge in [0, 0.05) is 35.9 Å². The average molecular weight is 252 g/mol. The second-order valence-electron chi connectivity index (χ2n) is 3.82. The van der Waals surface area contributed by atoms with E-state index in [-0.39, 0.29) is 6.61 Å². The van der Waals surface area contributed by atoms with Gasteiger partial charge in [0.1, 0.15) is 5.01 Å². The fourth-order valence-electron chi connectivity index (χ4n) is 1.52. The summed E-state index contributed by atoms with van der Waals surface area (Å²) in [5.41, 5.74) is 2.19. The molecule has 0 aromatic carbocycles. The Hall–Kier alpha value is -1.24. The highest BCUT2D eigenvalue weighted by Gasteiger charge is 2.00. The largest absolute Gasteiger partial charge is 0.394 e. The Labute approximate surface area is 104 Å². The minimum atomic E-state index is 0.118. The van der Waals surface area contributed by atoms with E-state index in [0.29, 0.717) is 6.54 Å². The number of aromatic nitrogens is 3. The van der Waals surface area contributed by atoms with Crippen LogP contribution in [0.4, 0.5) is 0 Å². The van der Waals surface area contributed by atoms with Crippen molar-refractivity contribution in [2.24, 2.45) is 0 Å². The zero-order chi connectivity index (χ0) is 12.1. The minimum Gasteiger partial charge on any atom is -0.394 e. The average Bonchev–Trinajstić information content (AvgIpc) is 2.89. The fourth-order valence-corrected chi connectivity index (χ4v) is 2.26. The Morgan fingerprint density at radius 1 is 1.47 bits per heavy atom. The molecule has 0 amide bonds. The van der Waals surface area contributed by atoms with Gasteiger partial charge in [-0.1, -0.05) is 0 Å². The highest BCUT2D eigenvalue weighted by Crippen LogP contribution is 2.08. The molecule has 0 aliphatic carbocycles. The molecule has 2 aromatic heterocycles. The third-order valence-corrected chi connectivity index (χ3v) is 3.25. The number of nitrogens with zero attached hydrogens (tertiary/aromatic N) is 3. The SMILES string of the molecule is Cc1csc(CNCc2cnn(CCO)c2)n1. The first-order valence-corrected chi connectivity index (χ1v) is 6.40. The molecule has 0 bridgehead atoms. The Kier molecular flexibility index (Phi) is 4.24. The third-order valence-electron chi connectivity index (χ3n) is 2.29. The number of aliphatic hydroxyl groups excluding tert-OH is 1. The first-order chi connectivity index (χ1) is 8.28. The lowest BCUT2D eigenvalue weighted by Gasteiger charge is -1.99. The molecule has 2 N–H and O–H groups in total. The van der Waals surface area contributed by atoms with E-state index < -0.39 is 0 Å². The van der Waals surface area contributed by atoms with E-state index in [1.165, 1.54) is 0 Å². The number of aryl methyl sites for hydroxylation is 1. The van der Waals surface area contributed by atoms with E-state index in [2.05, 4.69) is 20.8 Å². The standard InChI is InChI=1S/C11H16N4OS/c1-9-8-17-11(14-9)6-12-4-10-5-13-15(7-10)2-3-16/h5,7-8,12,16H,2-4,6H2,1H3. The lowest BCUT2D eigenvalue weighted by Crippen LogP contribution is -2.12. The van der Waals surface area contributed by atoms with Gasteiger partial charge in [0.2, 0.25) is 0 Å². The molecule has 0 spiro atoms. The van der Waals surface area contributed by atoms with Gasteiger partial charge in [0.15, 0.2) is 0 Å². The molecule has 2 aromatic rings. The van der Waals surface area contributed by atoms with Gasteiger partial charge in [-0.2, -0.15) is 5.10 Å². The van der Waals surface area contributed by atoms with Crippen molar-refractivity contribution in [3.05, 3.63) is 34.0 Å². The summed E-state index contributed by atoms with van der Waals surface area (Å²) in [7, 11) is 0. The minimum absolute atomic E-state index is 0.118. The van der Waals surface area contributed by atoms with Crippen LogP contribution in [0.1, 0.15) is 16.3 Å². The third kappa shape index (κ3) is 3.62. The Morgan fingerprint density at radius 3 is 3.06 bits per heavy atom. The number of nitrogens with one attached hydrogen (secondary N) is 1. The number of hydrogen-bond donors (Lipinski definition) is 2. The van der Waals surface area contributed by atoms with Crippen LogP contribution in [0.15, 0.2) is 17.8 Å². The molecule has 0 saturated carbocycles. The molecule has 17 heavy (non-hydrogen) atoms. The highest BCUT2D eigenvalue weighted by atomic mass is 32.1. The summed E-state index contributed by atoms with van der Waals surface area (Å²) in [6.07, 6.45) is 3.76. The molecule has 0 radical (unpaired) electrons. The van der Waals surface area contributed by atoms with Crippen LogP contribution >= 0.6 is 11.3 Å². The topological polar surface area (TPSA) is 63.0 Å². The maximum atomic E-state index is 8.77. The van der Waals surface area contributed by atoms with Crippen molar-refractivity contribution in [3.8, 4) is 0 Å². The number of rotatable bonds is 6. The van der Waals surface area contributed by atoms with Crippen molar-refractivity contribution < 1.29 is 5.11 Å². The summed E-state index contributed by atoms with van der Waals surface area (Å²) in [5, 5.41) is 19.4.